The number of anilines is 1. The number of nitrogens with zero attached hydrogens (tertiary/aromatic N) is 4. The van der Waals surface area contributed by atoms with Gasteiger partial charge in [-0.05, 0) is 61.9 Å². The molecule has 2 aromatic carbocycles. The molecule has 0 radical (unpaired) electrons. The van der Waals surface area contributed by atoms with E-state index in [0.717, 1.165) is 26.9 Å². The predicted octanol–water partition coefficient (Wildman–Crippen LogP) is 3.14. The fourth-order valence-electron chi connectivity index (χ4n) is 3.77. The van der Waals surface area contributed by atoms with Crippen LogP contribution in [0.4, 0.5) is 11.5 Å². The van der Waals surface area contributed by atoms with Crippen LogP contribution in [0, 0.1) is 5.92 Å². The van der Waals surface area contributed by atoms with Gasteiger partial charge in [0.25, 0.3) is 0 Å². The number of hydrogen-bond donors (Lipinski definition) is 3. The summed E-state index contributed by atoms with van der Waals surface area (Å²) in [5.74, 6) is -1.35. The molecule has 4 rings (SSSR count). The lowest BCUT2D eigenvalue weighted by atomic mass is 10.0. The molecule has 2 aromatic heterocycles. The van der Waals surface area contributed by atoms with E-state index in [0.29, 0.717) is 10.7 Å². The number of pyridine rings is 1. The molecule has 0 fully saturated rings. The van der Waals surface area contributed by atoms with Gasteiger partial charge in [-0.15, -0.1) is 0 Å². The maximum atomic E-state index is 13.5. The van der Waals surface area contributed by atoms with E-state index in [1.807, 2.05) is 12.1 Å². The third-order valence-electron chi connectivity index (χ3n) is 6.07. The van der Waals surface area contributed by atoms with Gasteiger partial charge in [-0.25, -0.2) is 24.1 Å². The average Bonchev–Trinajstić information content (AvgIpc) is 2.86. The Bertz CT molecular complexity index is 1620. The Morgan fingerprint density at radius 3 is 2.53 bits per heavy atom. The summed E-state index contributed by atoms with van der Waals surface area (Å²) in [6.45, 7) is 3.05. The minimum atomic E-state index is -1.11. The maximum Gasteiger partial charge on any atom is 0.335 e. The Labute approximate surface area is 210 Å². The number of carboxylic acid groups (broad SMARTS) is 1. The molecule has 0 aliphatic rings. The molecule has 0 amide bonds. The first-order valence-electron chi connectivity index (χ1n) is 11.2. The fraction of sp³-hybridized carbons (Fsp3) is 0.240. The van der Waals surface area contributed by atoms with Gasteiger partial charge >= 0.3 is 17.3 Å². The summed E-state index contributed by atoms with van der Waals surface area (Å²) in [4.78, 5) is 49.7. The summed E-state index contributed by atoms with van der Waals surface area (Å²) >= 11 is 6.00. The minimum Gasteiger partial charge on any atom is -0.481 e. The van der Waals surface area contributed by atoms with E-state index in [4.69, 9.17) is 11.6 Å². The molecule has 0 saturated heterocycles. The monoisotopic (exact) mass is 508 g/mol. The normalized spacial score (nSPS) is 13.5. The number of carboxylic acids is 1. The number of aromatic amines is 1. The van der Waals surface area contributed by atoms with Crippen LogP contribution in [0.3, 0.4) is 0 Å². The summed E-state index contributed by atoms with van der Waals surface area (Å²) < 4.78 is 2.22. The Hall–Kier alpha value is -4.18. The van der Waals surface area contributed by atoms with Crippen LogP contribution in [0.25, 0.3) is 10.9 Å². The highest BCUT2D eigenvalue weighted by Crippen LogP contribution is 2.21. The zero-order valence-corrected chi connectivity index (χ0v) is 20.7. The van der Waals surface area contributed by atoms with Crippen molar-refractivity contribution in [3.05, 3.63) is 91.8 Å². The van der Waals surface area contributed by atoms with Crippen LogP contribution in [-0.4, -0.2) is 37.2 Å². The Morgan fingerprint density at radius 2 is 1.86 bits per heavy atom. The molecule has 11 heteroatoms. The van der Waals surface area contributed by atoms with Crippen molar-refractivity contribution in [1.82, 2.24) is 19.1 Å². The molecule has 186 valence electrons. The second-order valence-electron chi connectivity index (χ2n) is 8.42. The summed E-state index contributed by atoms with van der Waals surface area (Å²) in [7, 11) is 1.79. The van der Waals surface area contributed by atoms with Crippen molar-refractivity contribution >= 4 is 40.0 Å². The van der Waals surface area contributed by atoms with Crippen molar-refractivity contribution in [1.29, 1.82) is 0 Å². The van der Waals surface area contributed by atoms with Gasteiger partial charge in [0, 0.05) is 17.5 Å². The van der Waals surface area contributed by atoms with Crippen molar-refractivity contribution in [2.75, 3.05) is 12.4 Å². The van der Waals surface area contributed by atoms with E-state index in [1.165, 1.54) is 18.4 Å². The van der Waals surface area contributed by atoms with Gasteiger partial charge in [0.15, 0.2) is 0 Å². The smallest absolute Gasteiger partial charge is 0.335 e. The maximum absolute atomic E-state index is 13.5. The number of carbonyl (C=O) groups is 1. The van der Waals surface area contributed by atoms with E-state index in [9.17, 15) is 19.5 Å². The van der Waals surface area contributed by atoms with Crippen LogP contribution in [0.5, 0.6) is 0 Å². The number of rotatable bonds is 7. The molecule has 0 unspecified atom stereocenters. The fourth-order valence-corrected chi connectivity index (χ4v) is 3.89. The number of hydrogen-bond acceptors (Lipinski definition) is 6. The van der Waals surface area contributed by atoms with Gasteiger partial charge in [0.2, 0.25) is 5.62 Å². The summed E-state index contributed by atoms with van der Waals surface area (Å²) in [5, 5.41) is 13.8. The number of aliphatic carboxylic acids is 1. The first-order chi connectivity index (χ1) is 17.2. The number of halogens is 1. The van der Waals surface area contributed by atoms with Gasteiger partial charge < -0.3 is 10.4 Å². The summed E-state index contributed by atoms with van der Waals surface area (Å²) in [6, 6.07) is 15.1. The zero-order chi connectivity index (χ0) is 26.0. The van der Waals surface area contributed by atoms with E-state index >= 15 is 0 Å². The number of nitrogens with one attached hydrogen (secondary N) is 2. The topological polar surface area (TPSA) is 134 Å². The van der Waals surface area contributed by atoms with Gasteiger partial charge in [-0.3, -0.25) is 14.3 Å². The highest BCUT2D eigenvalue weighted by molar-refractivity contribution is 6.30. The van der Waals surface area contributed by atoms with Crippen LogP contribution in [0.2, 0.25) is 5.02 Å². The molecule has 36 heavy (non-hydrogen) atoms. The van der Waals surface area contributed by atoms with Crippen molar-refractivity contribution < 1.29 is 9.90 Å². The molecule has 0 aliphatic carbocycles. The zero-order valence-electron chi connectivity index (χ0n) is 19.9. The standard InChI is InChI=1S/C25H25ClN6O4/c1-14(22(33)34)15(2)32-24(35)30-23(31(25(32)36)13-16-4-7-18(26)8-5-16)28-19-9-10-20-17(12-19)6-11-21(27-3)29-20/h4-12,14-15H,13H2,1-3H3,(H,27,29)(H,33,34)(H,28,30,35)/t14-,15+/m1/s1. The van der Waals surface area contributed by atoms with Crippen molar-refractivity contribution in [3.63, 3.8) is 0 Å². The van der Waals surface area contributed by atoms with Crippen LogP contribution in [-0.2, 0) is 11.3 Å². The quantitative estimate of drug-likeness (QED) is 0.351. The highest BCUT2D eigenvalue weighted by Gasteiger charge is 2.25. The van der Waals surface area contributed by atoms with E-state index < -0.39 is 29.3 Å². The molecular formula is C25H25ClN6O4. The van der Waals surface area contributed by atoms with Gasteiger partial charge in [0.1, 0.15) is 5.82 Å². The molecule has 0 aliphatic heterocycles. The van der Waals surface area contributed by atoms with Gasteiger partial charge in [0.05, 0.1) is 29.7 Å². The highest BCUT2D eigenvalue weighted by atomic mass is 35.5. The lowest BCUT2D eigenvalue weighted by molar-refractivity contribution is -0.142. The summed E-state index contributed by atoms with van der Waals surface area (Å²) in [5.41, 5.74) is 0.631. The molecule has 4 aromatic rings. The third-order valence-corrected chi connectivity index (χ3v) is 6.32. The SMILES string of the molecule is CNc1ccc2cc(/N=c3\[nH]c(=O)n([C@@H](C)[C@@H](C)C(=O)O)c(=O)n3Cc3ccc(Cl)cc3)ccc2n1. The van der Waals surface area contributed by atoms with Crippen molar-refractivity contribution in [2.24, 2.45) is 10.9 Å². The predicted molar refractivity (Wildman–Crippen MR) is 138 cm³/mol. The number of H-pyrrole nitrogens is 1. The van der Waals surface area contributed by atoms with E-state index in [2.05, 4.69) is 20.3 Å². The number of benzene rings is 2. The first-order valence-corrected chi connectivity index (χ1v) is 11.6. The Balaban J connectivity index is 1.91. The molecule has 3 N–H and O–H groups in total. The third kappa shape index (κ3) is 5.08. The molecule has 10 nitrogen and oxygen atoms in total. The molecule has 0 spiro atoms. The molecule has 0 bridgehead atoms. The van der Waals surface area contributed by atoms with Crippen LogP contribution in [0.15, 0.2) is 69.2 Å². The molecule has 2 atom stereocenters. The minimum absolute atomic E-state index is 0.0329. The number of aromatic nitrogens is 4. The number of fused-ring (bicyclic) bond motifs is 1. The lowest BCUT2D eigenvalue weighted by Gasteiger charge is -2.19. The Morgan fingerprint density at radius 1 is 1.14 bits per heavy atom. The largest absolute Gasteiger partial charge is 0.481 e. The second kappa shape index (κ2) is 10.2. The van der Waals surface area contributed by atoms with Crippen LogP contribution in [0.1, 0.15) is 25.5 Å². The summed E-state index contributed by atoms with van der Waals surface area (Å²) in [6.07, 6.45) is 0. The average molecular weight is 509 g/mol. The molecular weight excluding hydrogens is 484 g/mol. The van der Waals surface area contributed by atoms with E-state index in [1.54, 1.807) is 49.5 Å². The van der Waals surface area contributed by atoms with E-state index in [-0.39, 0.29) is 12.2 Å². The van der Waals surface area contributed by atoms with Crippen LogP contribution < -0.4 is 22.3 Å². The van der Waals surface area contributed by atoms with Crippen LogP contribution >= 0.6 is 11.6 Å². The molecule has 2 heterocycles. The Kier molecular flexibility index (Phi) is 7.07. The van der Waals surface area contributed by atoms with Crippen molar-refractivity contribution in [2.45, 2.75) is 26.4 Å². The van der Waals surface area contributed by atoms with Crippen molar-refractivity contribution in [3.8, 4) is 0 Å². The van der Waals surface area contributed by atoms with Gasteiger partial charge in [-0.2, -0.15) is 0 Å². The lowest BCUT2D eigenvalue weighted by Crippen LogP contribution is -2.52. The first kappa shape index (κ1) is 24.9. The van der Waals surface area contributed by atoms with Gasteiger partial charge in [-0.1, -0.05) is 23.7 Å². The second-order valence-corrected chi connectivity index (χ2v) is 8.86. The molecule has 0 saturated carbocycles.